The first kappa shape index (κ1) is 16.1. The molecular formula is C18H21NO3S. The highest BCUT2D eigenvalue weighted by atomic mass is 32.2. The lowest BCUT2D eigenvalue weighted by Gasteiger charge is -2.20. The van der Waals surface area contributed by atoms with Gasteiger partial charge in [-0.15, -0.1) is 11.8 Å². The Morgan fingerprint density at radius 2 is 2.09 bits per heavy atom. The van der Waals surface area contributed by atoms with Crippen LogP contribution in [0.3, 0.4) is 0 Å². The van der Waals surface area contributed by atoms with Crippen molar-refractivity contribution in [3.63, 3.8) is 0 Å². The van der Waals surface area contributed by atoms with Crippen LogP contribution >= 0.6 is 11.8 Å². The van der Waals surface area contributed by atoms with Crippen molar-refractivity contribution in [2.45, 2.75) is 18.3 Å². The van der Waals surface area contributed by atoms with Crippen molar-refractivity contribution in [1.82, 2.24) is 4.90 Å². The average Bonchev–Trinajstić information content (AvgIpc) is 3.00. The molecule has 2 heterocycles. The van der Waals surface area contributed by atoms with Gasteiger partial charge in [0.1, 0.15) is 12.4 Å². The standard InChI is InChI=1S/C18H21NO3S/c20-18(14-21-13-15-5-2-1-3-6-15)19-9-8-17(23-12-10-19)16-7-4-11-22-16/h1-7,11,17H,8-10,12-14H2/t17-/m0/s1. The van der Waals surface area contributed by atoms with Gasteiger partial charge in [0.2, 0.25) is 5.91 Å². The maximum atomic E-state index is 12.3. The van der Waals surface area contributed by atoms with E-state index < -0.39 is 0 Å². The van der Waals surface area contributed by atoms with Gasteiger partial charge in [0.05, 0.1) is 18.1 Å². The molecule has 1 aromatic carbocycles. The van der Waals surface area contributed by atoms with E-state index in [1.54, 1.807) is 6.26 Å². The topological polar surface area (TPSA) is 42.7 Å². The molecule has 1 atom stereocenters. The molecule has 122 valence electrons. The Labute approximate surface area is 140 Å². The second-order valence-electron chi connectivity index (χ2n) is 5.52. The summed E-state index contributed by atoms with van der Waals surface area (Å²) in [7, 11) is 0. The van der Waals surface area contributed by atoms with Crippen molar-refractivity contribution < 1.29 is 13.9 Å². The number of benzene rings is 1. The monoisotopic (exact) mass is 331 g/mol. The summed E-state index contributed by atoms with van der Waals surface area (Å²) in [5, 5.41) is 0.341. The smallest absolute Gasteiger partial charge is 0.248 e. The fourth-order valence-corrected chi connectivity index (χ4v) is 3.82. The summed E-state index contributed by atoms with van der Waals surface area (Å²) >= 11 is 1.86. The molecule has 0 radical (unpaired) electrons. The third-order valence-electron chi connectivity index (χ3n) is 3.89. The van der Waals surface area contributed by atoms with E-state index in [2.05, 4.69) is 0 Å². The van der Waals surface area contributed by atoms with Crippen molar-refractivity contribution in [1.29, 1.82) is 0 Å². The van der Waals surface area contributed by atoms with Crippen LogP contribution in [-0.4, -0.2) is 36.3 Å². The predicted molar refractivity (Wildman–Crippen MR) is 91.2 cm³/mol. The third kappa shape index (κ3) is 4.62. The minimum Gasteiger partial charge on any atom is -0.468 e. The number of carbonyl (C=O) groups excluding carboxylic acids is 1. The maximum absolute atomic E-state index is 12.3. The van der Waals surface area contributed by atoms with Gasteiger partial charge < -0.3 is 14.1 Å². The van der Waals surface area contributed by atoms with E-state index in [9.17, 15) is 4.79 Å². The molecule has 0 bridgehead atoms. The maximum Gasteiger partial charge on any atom is 0.248 e. The zero-order chi connectivity index (χ0) is 15.9. The first-order valence-corrected chi connectivity index (χ1v) is 8.92. The molecule has 1 aliphatic heterocycles. The van der Waals surface area contributed by atoms with Crippen LogP contribution in [0.25, 0.3) is 0 Å². The van der Waals surface area contributed by atoms with Gasteiger partial charge in [-0.25, -0.2) is 0 Å². The highest BCUT2D eigenvalue weighted by Gasteiger charge is 2.23. The first-order chi connectivity index (χ1) is 11.3. The number of amides is 1. The number of hydrogen-bond donors (Lipinski definition) is 0. The van der Waals surface area contributed by atoms with E-state index in [0.29, 0.717) is 11.9 Å². The lowest BCUT2D eigenvalue weighted by molar-refractivity contribution is -0.136. The van der Waals surface area contributed by atoms with Crippen molar-refractivity contribution in [3.8, 4) is 0 Å². The van der Waals surface area contributed by atoms with Gasteiger partial charge in [-0.2, -0.15) is 0 Å². The Hall–Kier alpha value is -1.72. The number of furan rings is 1. The van der Waals surface area contributed by atoms with Gasteiger partial charge in [0, 0.05) is 18.8 Å². The molecule has 1 amide bonds. The van der Waals surface area contributed by atoms with Gasteiger partial charge in [0.15, 0.2) is 0 Å². The minimum atomic E-state index is 0.0710. The zero-order valence-corrected chi connectivity index (χ0v) is 13.8. The Kier molecular flexibility index (Phi) is 5.77. The Bertz CT molecular complexity index is 600. The minimum absolute atomic E-state index is 0.0710. The van der Waals surface area contributed by atoms with Crippen LogP contribution in [0.2, 0.25) is 0 Å². The fourth-order valence-electron chi connectivity index (χ4n) is 2.64. The van der Waals surface area contributed by atoms with Crippen LogP contribution in [0.1, 0.15) is 23.0 Å². The number of ether oxygens (including phenoxy) is 1. The summed E-state index contributed by atoms with van der Waals surface area (Å²) in [6, 6.07) is 13.9. The van der Waals surface area contributed by atoms with E-state index in [4.69, 9.17) is 9.15 Å². The number of rotatable bonds is 5. The molecule has 3 rings (SSSR count). The summed E-state index contributed by atoms with van der Waals surface area (Å²) in [5.74, 6) is 2.00. The number of hydrogen-bond acceptors (Lipinski definition) is 4. The number of nitrogens with zero attached hydrogens (tertiary/aromatic N) is 1. The van der Waals surface area contributed by atoms with Crippen molar-refractivity contribution >= 4 is 17.7 Å². The van der Waals surface area contributed by atoms with E-state index in [-0.39, 0.29) is 12.5 Å². The Morgan fingerprint density at radius 1 is 1.22 bits per heavy atom. The second kappa shape index (κ2) is 8.22. The zero-order valence-electron chi connectivity index (χ0n) is 13.0. The highest BCUT2D eigenvalue weighted by molar-refractivity contribution is 7.99. The molecule has 1 saturated heterocycles. The highest BCUT2D eigenvalue weighted by Crippen LogP contribution is 2.34. The van der Waals surface area contributed by atoms with Crippen LogP contribution in [0.5, 0.6) is 0 Å². The van der Waals surface area contributed by atoms with E-state index in [1.165, 1.54) is 0 Å². The molecule has 0 spiro atoms. The largest absolute Gasteiger partial charge is 0.468 e. The molecule has 0 aliphatic carbocycles. The average molecular weight is 331 g/mol. The lowest BCUT2D eigenvalue weighted by Crippen LogP contribution is -2.35. The van der Waals surface area contributed by atoms with E-state index >= 15 is 0 Å². The normalized spacial score (nSPS) is 18.6. The SMILES string of the molecule is O=C(COCc1ccccc1)N1CCS[C@H](c2ccco2)CC1. The van der Waals surface area contributed by atoms with Gasteiger partial charge >= 0.3 is 0 Å². The summed E-state index contributed by atoms with van der Waals surface area (Å²) in [6.45, 7) is 2.15. The molecule has 0 saturated carbocycles. The molecule has 2 aromatic rings. The lowest BCUT2D eigenvalue weighted by atomic mass is 10.2. The summed E-state index contributed by atoms with van der Waals surface area (Å²) < 4.78 is 11.0. The van der Waals surface area contributed by atoms with Crippen molar-refractivity contribution in [2.75, 3.05) is 25.4 Å². The Morgan fingerprint density at radius 3 is 2.87 bits per heavy atom. The molecule has 5 heteroatoms. The second-order valence-corrected chi connectivity index (χ2v) is 6.83. The molecule has 0 unspecified atom stereocenters. The van der Waals surface area contributed by atoms with Gasteiger partial charge in [-0.1, -0.05) is 30.3 Å². The molecular weight excluding hydrogens is 310 g/mol. The molecule has 23 heavy (non-hydrogen) atoms. The number of thioether (sulfide) groups is 1. The Balaban J connectivity index is 1.44. The van der Waals surface area contributed by atoms with Gasteiger partial charge in [-0.3, -0.25) is 4.79 Å². The summed E-state index contributed by atoms with van der Waals surface area (Å²) in [5.41, 5.74) is 1.09. The summed E-state index contributed by atoms with van der Waals surface area (Å²) in [4.78, 5) is 14.2. The first-order valence-electron chi connectivity index (χ1n) is 7.87. The van der Waals surface area contributed by atoms with Crippen LogP contribution in [0.15, 0.2) is 53.1 Å². The van der Waals surface area contributed by atoms with Gasteiger partial charge in [0.25, 0.3) is 0 Å². The van der Waals surface area contributed by atoms with Crippen LogP contribution < -0.4 is 0 Å². The molecule has 0 N–H and O–H groups in total. The molecule has 4 nitrogen and oxygen atoms in total. The fraction of sp³-hybridized carbons (Fsp3) is 0.389. The van der Waals surface area contributed by atoms with E-state index in [0.717, 1.165) is 36.6 Å². The van der Waals surface area contributed by atoms with E-state index in [1.807, 2.05) is 59.1 Å². The van der Waals surface area contributed by atoms with Crippen LogP contribution in [0.4, 0.5) is 0 Å². The quantitative estimate of drug-likeness (QED) is 0.841. The van der Waals surface area contributed by atoms with Crippen molar-refractivity contribution in [3.05, 3.63) is 60.1 Å². The third-order valence-corrected chi connectivity index (χ3v) is 5.18. The van der Waals surface area contributed by atoms with Crippen LogP contribution in [-0.2, 0) is 16.1 Å². The predicted octanol–water partition coefficient (Wildman–Crippen LogP) is 3.50. The molecule has 1 aromatic heterocycles. The molecule has 1 fully saturated rings. The van der Waals surface area contributed by atoms with Crippen molar-refractivity contribution in [2.24, 2.45) is 0 Å². The van der Waals surface area contributed by atoms with Gasteiger partial charge in [-0.05, 0) is 24.1 Å². The molecule has 1 aliphatic rings. The van der Waals surface area contributed by atoms with Crippen LogP contribution in [0, 0.1) is 0 Å². The number of carbonyl (C=O) groups is 1. The summed E-state index contributed by atoms with van der Waals surface area (Å²) in [6.07, 6.45) is 2.63.